The van der Waals surface area contributed by atoms with Gasteiger partial charge in [0.1, 0.15) is 80.5 Å². The summed E-state index contributed by atoms with van der Waals surface area (Å²) < 4.78 is 81.8. The number of benzene rings is 13. The summed E-state index contributed by atoms with van der Waals surface area (Å²) in [6, 6.07) is 83.6. The topological polar surface area (TPSA) is 64.6 Å². The van der Waals surface area contributed by atoms with Crippen LogP contribution in [0.25, 0.3) is 40.3 Å². The van der Waals surface area contributed by atoms with Gasteiger partial charge in [-0.05, 0) is 204 Å². The molecule has 0 saturated carbocycles. The van der Waals surface area contributed by atoms with E-state index in [4.69, 9.17) is 38.6 Å². The minimum atomic E-state index is -1.34. The van der Waals surface area contributed by atoms with Gasteiger partial charge in [-0.25, -0.2) is 0 Å². The van der Waals surface area contributed by atoms with E-state index >= 15 is 0 Å². The molecular weight excluding hydrogens is 1430 g/mol. The number of rotatable bonds is 2. The molecule has 0 N–H and O–H groups in total. The highest BCUT2D eigenvalue weighted by atomic mass is 32.1. The third kappa shape index (κ3) is 13.0. The van der Waals surface area contributed by atoms with Gasteiger partial charge in [0.2, 0.25) is 0 Å². The first-order chi connectivity index (χ1) is 55.9. The Balaban J connectivity index is 0.000000102. The summed E-state index contributed by atoms with van der Waals surface area (Å²) in [5, 5.41) is 4.91. The summed E-state index contributed by atoms with van der Waals surface area (Å²) in [5.74, 6) is 12.7. The molecule has 0 atom stereocenters. The highest BCUT2D eigenvalue weighted by Gasteiger charge is 2.48. The number of aryl methyl sites for hydroxylation is 2. The van der Waals surface area contributed by atoms with E-state index in [1.807, 2.05) is 78.9 Å². The van der Waals surface area contributed by atoms with Crippen molar-refractivity contribution < 1.29 is 38.6 Å². The van der Waals surface area contributed by atoms with E-state index in [0.29, 0.717) is 0 Å². The highest BCUT2D eigenvalue weighted by Crippen LogP contribution is 2.48. The molecule has 7 aliphatic rings. The molecule has 7 nitrogen and oxygen atoms in total. The van der Waals surface area contributed by atoms with Gasteiger partial charge >= 0.3 is 0 Å². The lowest BCUT2D eigenvalue weighted by Crippen LogP contribution is -2.59. The van der Waals surface area contributed by atoms with Gasteiger partial charge in [0, 0.05) is 73.1 Å². The maximum Gasteiger partial charge on any atom is 0.270 e. The zero-order chi connectivity index (χ0) is 82.8. The Kier molecular flexibility index (Phi) is 17.1. The molecule has 0 spiro atoms. The summed E-state index contributed by atoms with van der Waals surface area (Å²) in [4.78, 5) is 0. The minimum Gasteiger partial charge on any atom is -0.458 e. The van der Waals surface area contributed by atoms with Gasteiger partial charge in [0.05, 0.1) is 0 Å². The lowest BCUT2D eigenvalue weighted by molar-refractivity contribution is 0.439. The van der Waals surface area contributed by atoms with Gasteiger partial charge in [0.15, 0.2) is 0 Å². The smallest absolute Gasteiger partial charge is 0.270 e. The number of hydrogen-bond acceptors (Lipinski definition) is 9. The van der Waals surface area contributed by atoms with Crippen molar-refractivity contribution >= 4 is 132 Å². The van der Waals surface area contributed by atoms with E-state index in [0.717, 1.165) is 135 Å². The van der Waals surface area contributed by atoms with E-state index in [2.05, 4.69) is 268 Å². The maximum absolute atomic E-state index is 8.32. The molecule has 22 rings (SSSR count). The van der Waals surface area contributed by atoms with Crippen LogP contribution in [0.5, 0.6) is 80.5 Å². The lowest BCUT2D eigenvalue weighted by Gasteiger charge is -2.38. The zero-order valence-electron chi connectivity index (χ0n) is 72.0. The van der Waals surface area contributed by atoms with Crippen molar-refractivity contribution in [2.45, 2.75) is 158 Å². The van der Waals surface area contributed by atoms with E-state index in [-0.39, 0.29) is 47.2 Å². The van der Waals surface area contributed by atoms with Crippen molar-refractivity contribution in [1.82, 2.24) is 0 Å². The second-order valence-electron chi connectivity index (χ2n) is 35.8. The molecule has 0 saturated heterocycles. The first-order valence-electron chi connectivity index (χ1n) is 41.8. The quantitative estimate of drug-likeness (QED) is 0.160. The molecule has 0 bridgehead atoms. The molecule has 7 aliphatic heterocycles. The van der Waals surface area contributed by atoms with Crippen molar-refractivity contribution in [3.8, 4) is 80.5 Å². The molecule has 2 aromatic heterocycles. The fourth-order valence-electron chi connectivity index (χ4n) is 17.3. The molecule has 0 fully saturated rings. The van der Waals surface area contributed by atoms with Crippen LogP contribution in [0.4, 0.5) is 0 Å². The molecule has 13 aromatic carbocycles. The zero-order valence-corrected chi connectivity index (χ0v) is 69.6. The second kappa shape index (κ2) is 28.0. The fraction of sp³-hybridized carbons (Fsp3) is 0.235. The molecule has 114 heavy (non-hydrogen) atoms. The normalized spacial score (nSPS) is 14.4. The maximum atomic E-state index is 8.32. The first kappa shape index (κ1) is 69.8. The number of hydrogen-bond donors (Lipinski definition) is 0. The molecule has 9 heterocycles. The molecule has 15 aromatic rings. The van der Waals surface area contributed by atoms with Crippen LogP contribution in [-0.2, 0) is 39.8 Å². The van der Waals surface area contributed by atoms with E-state index < -0.39 is 12.7 Å². The van der Waals surface area contributed by atoms with E-state index in [1.54, 1.807) is 36.5 Å². The minimum absolute atomic E-state index is 0.00182. The summed E-state index contributed by atoms with van der Waals surface area (Å²) in [6.45, 7) is 36.6. The van der Waals surface area contributed by atoms with Gasteiger partial charge in [-0.2, -0.15) is 0 Å². The fourth-order valence-corrected chi connectivity index (χ4v) is 19.7. The molecule has 0 amide bonds. The van der Waals surface area contributed by atoms with Crippen LogP contribution in [0.15, 0.2) is 243 Å². The number of ether oxygens (including phenoxy) is 7. The Morgan fingerprint density at radius 3 is 1.09 bits per heavy atom. The SMILES string of the molecule is CC(C)(C)c1cc2c3c(c1)Oc1cccc4c1B3c1c(cccc1O2)O4.CC(C)(C)c1cc2c3c(c1)Oc1ccccc1B3c1ccccc1O2.CC(C)(C)c1ccc2c3c1Oc1ccccc1B3c1ccccc1O2.[2H]C([2H])(C)c1c(C(C)(C)C)ccc2c1sc1ccccc12.[2H]C([2H])(C)c1cc2sc3ccccc3c2cc1C(C)(C)C. The molecule has 0 unspecified atom stereocenters. The van der Waals surface area contributed by atoms with Crippen LogP contribution in [0.3, 0.4) is 0 Å². The predicted molar refractivity (Wildman–Crippen MR) is 483 cm³/mol. The van der Waals surface area contributed by atoms with Crippen molar-refractivity contribution in [3.05, 3.63) is 282 Å². The van der Waals surface area contributed by atoms with Crippen molar-refractivity contribution in [2.75, 3.05) is 0 Å². The average molecular weight is 1530 g/mol. The molecule has 12 heteroatoms. The highest BCUT2D eigenvalue weighted by molar-refractivity contribution is 7.26. The Bertz CT molecular complexity index is 6410. The predicted octanol–water partition coefficient (Wildman–Crippen LogP) is 23.1. The second-order valence-corrected chi connectivity index (χ2v) is 38.0. The van der Waals surface area contributed by atoms with E-state index in [1.165, 1.54) is 74.2 Å². The van der Waals surface area contributed by atoms with Gasteiger partial charge in [-0.3, -0.25) is 0 Å². The van der Waals surface area contributed by atoms with Crippen molar-refractivity contribution in [1.29, 1.82) is 0 Å². The monoisotopic (exact) mass is 1530 g/mol. The lowest BCUT2D eigenvalue weighted by atomic mass is 9.34. The largest absolute Gasteiger partial charge is 0.458 e. The Morgan fingerprint density at radius 1 is 0.272 bits per heavy atom. The number of fused-ring (bicyclic) bond motifs is 14. The third-order valence-electron chi connectivity index (χ3n) is 23.1. The molecule has 566 valence electrons. The number of thiophene rings is 2. The third-order valence-corrected chi connectivity index (χ3v) is 25.4. The van der Waals surface area contributed by atoms with Gasteiger partial charge < -0.3 is 33.2 Å². The molecule has 0 aliphatic carbocycles. The summed E-state index contributed by atoms with van der Waals surface area (Å²) in [6.07, 6.45) is -2.67. The standard InChI is InChI=1S/C22H17BO3.2C22H19BO2.2C18H20S/c1-22(2,3)12-10-17-21-18(11-12)26-16-9-5-7-14-20(16)23(21)19-13(24-14)6-4-8-15(19)25-17;1-22(2,3)14-12-19-21-20(13-14)25-18-11-7-5-9-16(18)23(21)15-8-4-6-10-17(15)24-19;1-22(2,3)14-12-13-19-20-21(14)25-18-11-7-5-9-16(18)23(20)15-8-4-6-10-17(15)24-19;1-5-12-10-17-14(11-15(12)18(2,3)4)13-8-6-7-9-16(13)19-17;1-5-12-15(18(2,3)4)11-10-14-13-8-6-7-9-16(13)19-17(12)14/h4-11H,1-3H3;2*4-13H,1-3H3;2*6-11H,5H2,1-4H3/i;;;2*5D2. The van der Waals surface area contributed by atoms with E-state index in [9.17, 15) is 0 Å². The average Bonchev–Trinajstić information content (AvgIpc) is 0.844. The van der Waals surface area contributed by atoms with Crippen LogP contribution in [-0.4, -0.2) is 20.1 Å². The number of para-hydroxylation sites is 4. The van der Waals surface area contributed by atoms with Crippen LogP contribution < -0.4 is 82.3 Å². The molecular formula is C102H95B3O7S2. The van der Waals surface area contributed by atoms with Crippen LogP contribution in [0.1, 0.15) is 162 Å². The molecule has 0 radical (unpaired) electrons. The first-order valence-corrected chi connectivity index (χ1v) is 41.4. The van der Waals surface area contributed by atoms with Crippen molar-refractivity contribution in [3.63, 3.8) is 0 Å². The Morgan fingerprint density at radius 2 is 0.632 bits per heavy atom. The van der Waals surface area contributed by atoms with Crippen LogP contribution in [0, 0.1) is 0 Å². The Hall–Kier alpha value is -10.9. The van der Waals surface area contributed by atoms with Crippen LogP contribution >= 0.6 is 22.7 Å². The van der Waals surface area contributed by atoms with Gasteiger partial charge in [-0.15, -0.1) is 22.7 Å². The van der Waals surface area contributed by atoms with Crippen molar-refractivity contribution in [2.24, 2.45) is 0 Å². The summed E-state index contributed by atoms with van der Waals surface area (Å²) in [5.41, 5.74) is 17.9. The van der Waals surface area contributed by atoms with Gasteiger partial charge in [0.25, 0.3) is 20.1 Å². The Labute approximate surface area is 686 Å². The van der Waals surface area contributed by atoms with Gasteiger partial charge in [-0.1, -0.05) is 257 Å². The summed E-state index contributed by atoms with van der Waals surface area (Å²) >= 11 is 3.45. The van der Waals surface area contributed by atoms with Crippen LogP contribution in [0.2, 0.25) is 0 Å². The summed E-state index contributed by atoms with van der Waals surface area (Å²) in [7, 11) is 0.